The lowest BCUT2D eigenvalue weighted by Gasteiger charge is -2.35. The molecule has 0 radical (unpaired) electrons. The fourth-order valence-corrected chi connectivity index (χ4v) is 1.68. The summed E-state index contributed by atoms with van der Waals surface area (Å²) in [6.45, 7) is 4.03. The fourth-order valence-electron chi connectivity index (χ4n) is 1.68. The van der Waals surface area contributed by atoms with Gasteiger partial charge in [-0.2, -0.15) is 0 Å². The minimum atomic E-state index is -0.554. The summed E-state index contributed by atoms with van der Waals surface area (Å²) < 4.78 is 5.54. The summed E-state index contributed by atoms with van der Waals surface area (Å²) in [5.74, 6) is -0.0741. The van der Waals surface area contributed by atoms with Crippen molar-refractivity contribution in [2.24, 2.45) is 5.73 Å². The van der Waals surface area contributed by atoms with Crippen LogP contribution in [0.3, 0.4) is 0 Å². The Morgan fingerprint density at radius 1 is 1.56 bits per heavy atom. The van der Waals surface area contributed by atoms with Gasteiger partial charge in [-0.3, -0.25) is 4.79 Å². The van der Waals surface area contributed by atoms with Gasteiger partial charge in [0.05, 0.1) is 18.2 Å². The minimum Gasteiger partial charge on any atom is -0.394 e. The highest BCUT2D eigenvalue weighted by Crippen LogP contribution is 2.23. The molecule has 0 aromatic carbocycles. The van der Waals surface area contributed by atoms with Gasteiger partial charge in [-0.05, 0) is 26.7 Å². The van der Waals surface area contributed by atoms with Gasteiger partial charge in [-0.25, -0.2) is 0 Å². The van der Waals surface area contributed by atoms with Crippen molar-refractivity contribution in [2.75, 3.05) is 20.2 Å². The van der Waals surface area contributed by atoms with E-state index >= 15 is 0 Å². The van der Waals surface area contributed by atoms with E-state index in [2.05, 4.69) is 0 Å². The van der Waals surface area contributed by atoms with E-state index < -0.39 is 11.6 Å². The maximum atomic E-state index is 12.1. The van der Waals surface area contributed by atoms with Crippen LogP contribution in [0.15, 0.2) is 0 Å². The molecule has 0 bridgehead atoms. The molecule has 0 saturated carbocycles. The van der Waals surface area contributed by atoms with Crippen molar-refractivity contribution < 1.29 is 14.6 Å². The molecule has 0 aromatic heterocycles. The SMILES string of the molecule is CN(C(=O)C1CCC(CN)O1)C(C)(C)CO. The summed E-state index contributed by atoms with van der Waals surface area (Å²) in [4.78, 5) is 13.6. The van der Waals surface area contributed by atoms with Crippen LogP contribution in [0.4, 0.5) is 0 Å². The van der Waals surface area contributed by atoms with Crippen molar-refractivity contribution in [3.05, 3.63) is 0 Å². The van der Waals surface area contributed by atoms with E-state index in [0.29, 0.717) is 13.0 Å². The molecule has 3 N–H and O–H groups in total. The summed E-state index contributed by atoms with van der Waals surface area (Å²) >= 11 is 0. The zero-order valence-electron chi connectivity index (χ0n) is 10.3. The third-order valence-electron chi connectivity index (χ3n) is 3.27. The highest BCUT2D eigenvalue weighted by Gasteiger charge is 2.36. The molecule has 0 aromatic rings. The predicted molar refractivity (Wildman–Crippen MR) is 60.9 cm³/mol. The third-order valence-corrected chi connectivity index (χ3v) is 3.27. The van der Waals surface area contributed by atoms with E-state index in [1.54, 1.807) is 11.9 Å². The second-order valence-corrected chi connectivity index (χ2v) is 4.93. The fraction of sp³-hybridized carbons (Fsp3) is 0.909. The van der Waals surface area contributed by atoms with Gasteiger partial charge in [0.15, 0.2) is 0 Å². The Kier molecular flexibility index (Phi) is 4.29. The molecule has 16 heavy (non-hydrogen) atoms. The lowest BCUT2D eigenvalue weighted by Crippen LogP contribution is -2.51. The Balaban J connectivity index is 2.58. The Morgan fingerprint density at radius 2 is 2.19 bits per heavy atom. The zero-order valence-corrected chi connectivity index (χ0v) is 10.3. The quantitative estimate of drug-likeness (QED) is 0.696. The van der Waals surface area contributed by atoms with Gasteiger partial charge in [0.2, 0.25) is 0 Å². The largest absolute Gasteiger partial charge is 0.394 e. The number of carbonyl (C=O) groups is 1. The molecule has 5 heteroatoms. The van der Waals surface area contributed by atoms with Crippen LogP contribution in [0.25, 0.3) is 0 Å². The maximum absolute atomic E-state index is 12.1. The standard InChI is InChI=1S/C11H22N2O3/c1-11(2,7-14)13(3)10(15)9-5-4-8(6-12)16-9/h8-9,14H,4-7,12H2,1-3H3. The van der Waals surface area contributed by atoms with Gasteiger partial charge < -0.3 is 20.5 Å². The molecule has 0 spiro atoms. The molecule has 1 heterocycles. The number of rotatable bonds is 4. The number of likely N-dealkylation sites (N-methyl/N-ethyl adjacent to an activating group) is 1. The Morgan fingerprint density at radius 3 is 2.62 bits per heavy atom. The minimum absolute atomic E-state index is 0.000381. The number of carbonyl (C=O) groups excluding carboxylic acids is 1. The van der Waals surface area contributed by atoms with Gasteiger partial charge in [-0.1, -0.05) is 0 Å². The van der Waals surface area contributed by atoms with Crippen LogP contribution in [-0.4, -0.2) is 53.9 Å². The Hall–Kier alpha value is -0.650. The lowest BCUT2D eigenvalue weighted by atomic mass is 10.0. The Labute approximate surface area is 96.6 Å². The molecule has 0 aliphatic carbocycles. The molecule has 5 nitrogen and oxygen atoms in total. The van der Waals surface area contributed by atoms with Gasteiger partial charge in [0.1, 0.15) is 6.10 Å². The van der Waals surface area contributed by atoms with Crippen molar-refractivity contribution in [2.45, 2.75) is 44.4 Å². The van der Waals surface area contributed by atoms with E-state index in [-0.39, 0.29) is 18.6 Å². The van der Waals surface area contributed by atoms with E-state index in [0.717, 1.165) is 6.42 Å². The molecule has 1 fully saturated rings. The highest BCUT2D eigenvalue weighted by atomic mass is 16.5. The predicted octanol–water partition coefficient (Wildman–Crippen LogP) is -0.278. The molecule has 1 aliphatic heterocycles. The topological polar surface area (TPSA) is 75.8 Å². The van der Waals surface area contributed by atoms with Crippen molar-refractivity contribution in [3.63, 3.8) is 0 Å². The Bertz CT molecular complexity index is 256. The van der Waals surface area contributed by atoms with Gasteiger partial charge in [0, 0.05) is 13.6 Å². The number of aliphatic hydroxyl groups is 1. The molecule has 1 amide bonds. The van der Waals surface area contributed by atoms with Crippen LogP contribution >= 0.6 is 0 Å². The maximum Gasteiger partial charge on any atom is 0.251 e. The monoisotopic (exact) mass is 230 g/mol. The molecule has 94 valence electrons. The van der Waals surface area contributed by atoms with Crippen molar-refractivity contribution >= 4 is 5.91 Å². The van der Waals surface area contributed by atoms with Gasteiger partial charge in [0.25, 0.3) is 5.91 Å². The third kappa shape index (κ3) is 2.72. The van der Waals surface area contributed by atoms with Gasteiger partial charge in [-0.15, -0.1) is 0 Å². The first-order valence-electron chi connectivity index (χ1n) is 5.66. The first-order valence-corrected chi connectivity index (χ1v) is 5.66. The second-order valence-electron chi connectivity index (χ2n) is 4.93. The van der Waals surface area contributed by atoms with E-state index in [4.69, 9.17) is 10.5 Å². The first-order chi connectivity index (χ1) is 7.42. The normalized spacial score (nSPS) is 25.8. The number of aliphatic hydroxyl groups excluding tert-OH is 1. The average molecular weight is 230 g/mol. The summed E-state index contributed by atoms with van der Waals surface area (Å²) in [5.41, 5.74) is 4.94. The van der Waals surface area contributed by atoms with E-state index in [9.17, 15) is 9.90 Å². The summed E-state index contributed by atoms with van der Waals surface area (Å²) in [6, 6.07) is 0. The molecule has 1 rings (SSSR count). The first kappa shape index (κ1) is 13.4. The molecule has 1 saturated heterocycles. The number of hydrogen-bond acceptors (Lipinski definition) is 4. The van der Waals surface area contributed by atoms with Crippen molar-refractivity contribution in [1.29, 1.82) is 0 Å². The van der Waals surface area contributed by atoms with E-state index in [1.807, 2.05) is 13.8 Å². The van der Waals surface area contributed by atoms with Crippen LogP contribution in [0.1, 0.15) is 26.7 Å². The second kappa shape index (κ2) is 5.12. The van der Waals surface area contributed by atoms with Crippen LogP contribution < -0.4 is 5.73 Å². The highest BCUT2D eigenvalue weighted by molar-refractivity contribution is 5.81. The number of nitrogens with zero attached hydrogens (tertiary/aromatic N) is 1. The summed E-state index contributed by atoms with van der Waals surface area (Å²) in [7, 11) is 1.69. The van der Waals surface area contributed by atoms with Crippen LogP contribution in [0, 0.1) is 0 Å². The molecule has 1 aliphatic rings. The number of hydrogen-bond donors (Lipinski definition) is 2. The molecular formula is C11H22N2O3. The number of nitrogens with two attached hydrogens (primary N) is 1. The molecule has 2 atom stereocenters. The number of ether oxygens (including phenoxy) is 1. The average Bonchev–Trinajstić information content (AvgIpc) is 2.75. The lowest BCUT2D eigenvalue weighted by molar-refractivity contribution is -0.147. The molecular weight excluding hydrogens is 208 g/mol. The number of amides is 1. The van der Waals surface area contributed by atoms with Crippen LogP contribution in [-0.2, 0) is 9.53 Å². The summed E-state index contributed by atoms with van der Waals surface area (Å²) in [5, 5.41) is 9.20. The van der Waals surface area contributed by atoms with E-state index in [1.165, 1.54) is 0 Å². The van der Waals surface area contributed by atoms with Crippen molar-refractivity contribution in [3.8, 4) is 0 Å². The van der Waals surface area contributed by atoms with Crippen LogP contribution in [0.2, 0.25) is 0 Å². The smallest absolute Gasteiger partial charge is 0.251 e. The zero-order chi connectivity index (χ0) is 12.3. The van der Waals surface area contributed by atoms with Gasteiger partial charge >= 0.3 is 0 Å². The molecule has 2 unspecified atom stereocenters. The van der Waals surface area contributed by atoms with Crippen molar-refractivity contribution in [1.82, 2.24) is 4.90 Å². The van der Waals surface area contributed by atoms with Crippen LogP contribution in [0.5, 0.6) is 0 Å². The summed E-state index contributed by atoms with van der Waals surface area (Å²) in [6.07, 6.45) is 1.15.